The van der Waals surface area contributed by atoms with Gasteiger partial charge in [-0.25, -0.2) is 0 Å². The maximum absolute atomic E-state index is 13.6. The molecule has 1 atom stereocenters. The van der Waals surface area contributed by atoms with Gasteiger partial charge >= 0.3 is 0 Å². The molecule has 0 saturated carbocycles. The van der Waals surface area contributed by atoms with E-state index in [4.69, 9.17) is 11.6 Å². The molecule has 0 amide bonds. The van der Waals surface area contributed by atoms with Crippen LogP contribution in [0.5, 0.6) is 0 Å². The van der Waals surface area contributed by atoms with Crippen molar-refractivity contribution in [3.05, 3.63) is 88.4 Å². The van der Waals surface area contributed by atoms with Gasteiger partial charge in [-0.2, -0.15) is 0 Å². The zero-order valence-electron chi connectivity index (χ0n) is 19.2. The topological polar surface area (TPSA) is 17.1 Å². The predicted octanol–water partition coefficient (Wildman–Crippen LogP) is 8.96. The van der Waals surface area contributed by atoms with E-state index in [0.29, 0.717) is 0 Å². The molecule has 166 valence electrons. The first-order valence-electron chi connectivity index (χ1n) is 11.7. The molecule has 1 nitrogen and oxygen atoms in total. The van der Waals surface area contributed by atoms with Crippen molar-refractivity contribution in [3.63, 3.8) is 0 Å². The number of benzene rings is 3. The van der Waals surface area contributed by atoms with Crippen LogP contribution in [-0.2, 0) is 5.41 Å². The summed E-state index contributed by atoms with van der Waals surface area (Å²) in [4.78, 5) is 14.7. The molecule has 0 bridgehead atoms. The fourth-order valence-electron chi connectivity index (χ4n) is 5.31. The molecular formula is C29H31ClOS. The van der Waals surface area contributed by atoms with E-state index in [2.05, 4.69) is 57.2 Å². The molecule has 1 aliphatic carbocycles. The zero-order valence-corrected chi connectivity index (χ0v) is 20.7. The fraction of sp³-hybridized carbons (Fsp3) is 0.345. The van der Waals surface area contributed by atoms with E-state index in [0.717, 1.165) is 47.6 Å². The Morgan fingerprint density at radius 3 is 2.19 bits per heavy atom. The lowest BCUT2D eigenvalue weighted by atomic mass is 9.71. The number of hydrogen-bond acceptors (Lipinski definition) is 2. The van der Waals surface area contributed by atoms with E-state index in [1.807, 2.05) is 30.3 Å². The summed E-state index contributed by atoms with van der Waals surface area (Å²) in [6, 6.07) is 23.0. The summed E-state index contributed by atoms with van der Waals surface area (Å²) in [5.74, 6) is 0.216. The third-order valence-electron chi connectivity index (χ3n) is 6.66. The van der Waals surface area contributed by atoms with Gasteiger partial charge in [-0.05, 0) is 71.8 Å². The number of carbonyl (C=O) groups excluding carboxylic acids is 1. The van der Waals surface area contributed by atoms with Crippen LogP contribution in [0.15, 0.2) is 71.6 Å². The molecule has 4 rings (SSSR count). The highest BCUT2D eigenvalue weighted by atomic mass is 35.5. The van der Waals surface area contributed by atoms with Crippen LogP contribution in [0.2, 0.25) is 5.02 Å². The second kappa shape index (κ2) is 9.85. The predicted molar refractivity (Wildman–Crippen MR) is 138 cm³/mol. The molecule has 1 unspecified atom stereocenters. The smallest absolute Gasteiger partial charge is 0.176 e. The van der Waals surface area contributed by atoms with Crippen LogP contribution in [0.3, 0.4) is 0 Å². The van der Waals surface area contributed by atoms with E-state index in [1.54, 1.807) is 11.8 Å². The molecular weight excluding hydrogens is 432 g/mol. The highest BCUT2D eigenvalue weighted by Gasteiger charge is 2.42. The number of fused-ring (bicyclic) bond motifs is 3. The van der Waals surface area contributed by atoms with Gasteiger partial charge in [0.05, 0.1) is 5.25 Å². The van der Waals surface area contributed by atoms with Crippen molar-refractivity contribution < 1.29 is 4.79 Å². The molecule has 32 heavy (non-hydrogen) atoms. The lowest BCUT2D eigenvalue weighted by molar-refractivity contribution is 0.0988. The minimum atomic E-state index is -0.107. The summed E-state index contributed by atoms with van der Waals surface area (Å²) in [5.41, 5.74) is 6.27. The van der Waals surface area contributed by atoms with Gasteiger partial charge in [0.25, 0.3) is 0 Å². The Balaban J connectivity index is 1.73. The molecule has 3 heteroatoms. The number of halogens is 1. The van der Waals surface area contributed by atoms with Crippen molar-refractivity contribution in [2.75, 3.05) is 0 Å². The highest BCUT2D eigenvalue weighted by molar-refractivity contribution is 8.00. The van der Waals surface area contributed by atoms with Crippen LogP contribution in [0.1, 0.15) is 74.4 Å². The van der Waals surface area contributed by atoms with Crippen LogP contribution >= 0.6 is 23.4 Å². The van der Waals surface area contributed by atoms with Gasteiger partial charge in [-0.1, -0.05) is 81.6 Å². The molecule has 3 aromatic rings. The largest absolute Gasteiger partial charge is 0.293 e. The zero-order chi connectivity index (χ0) is 22.7. The summed E-state index contributed by atoms with van der Waals surface area (Å²) in [7, 11) is 0. The second-order valence-corrected chi connectivity index (χ2v) is 10.4. The van der Waals surface area contributed by atoms with Crippen LogP contribution in [-0.4, -0.2) is 11.0 Å². The lowest BCUT2D eigenvalue weighted by Crippen LogP contribution is -2.25. The Hall–Kier alpha value is -2.03. The van der Waals surface area contributed by atoms with Gasteiger partial charge in [-0.15, -0.1) is 11.8 Å². The van der Waals surface area contributed by atoms with E-state index in [9.17, 15) is 4.79 Å². The first-order valence-corrected chi connectivity index (χ1v) is 13.0. The Kier molecular flexibility index (Phi) is 7.12. The third kappa shape index (κ3) is 4.16. The Labute approximate surface area is 201 Å². The first kappa shape index (κ1) is 23.1. The van der Waals surface area contributed by atoms with Crippen LogP contribution < -0.4 is 0 Å². The van der Waals surface area contributed by atoms with Gasteiger partial charge in [0.15, 0.2) is 5.78 Å². The number of rotatable bonds is 9. The quantitative estimate of drug-likeness (QED) is 0.233. The summed E-state index contributed by atoms with van der Waals surface area (Å²) in [5, 5.41) is 0.611. The number of thioether (sulfide) groups is 1. The van der Waals surface area contributed by atoms with Gasteiger partial charge < -0.3 is 0 Å². The third-order valence-corrected chi connectivity index (χ3v) is 8.29. The highest BCUT2D eigenvalue weighted by Crippen LogP contribution is 2.54. The molecule has 0 heterocycles. The average molecular weight is 463 g/mol. The molecule has 0 aliphatic heterocycles. The van der Waals surface area contributed by atoms with E-state index in [-0.39, 0.29) is 16.4 Å². The first-order chi connectivity index (χ1) is 15.5. The number of Topliss-reactive ketones (excluding diaryl/α,β-unsaturated/α-hetero) is 1. The summed E-state index contributed by atoms with van der Waals surface area (Å²) < 4.78 is 0. The Morgan fingerprint density at radius 1 is 0.875 bits per heavy atom. The minimum Gasteiger partial charge on any atom is -0.293 e. The molecule has 0 fully saturated rings. The van der Waals surface area contributed by atoms with Crippen LogP contribution in [0, 0.1) is 0 Å². The summed E-state index contributed by atoms with van der Waals surface area (Å²) >= 11 is 7.67. The Morgan fingerprint density at radius 2 is 1.53 bits per heavy atom. The van der Waals surface area contributed by atoms with Crippen molar-refractivity contribution in [2.24, 2.45) is 0 Å². The summed E-state index contributed by atoms with van der Waals surface area (Å²) in [6.45, 7) is 6.62. The monoisotopic (exact) mass is 462 g/mol. The standard InChI is InChI=1S/C29H31ClOS/c1-4-17-29(18-5-2)25-10-8-7-9-23(25)24-16-11-20(19-26(24)29)28(31)27(6-3)32-22-14-12-21(30)13-15-22/h7-16,19,27H,4-6,17-18H2,1-3H3. The van der Waals surface area contributed by atoms with Gasteiger partial charge in [0, 0.05) is 20.9 Å². The van der Waals surface area contributed by atoms with Crippen LogP contribution in [0.25, 0.3) is 11.1 Å². The SMILES string of the molecule is CCCC1(CCC)c2ccccc2-c2ccc(C(=O)C(CC)Sc3ccc(Cl)cc3)cc21. The van der Waals surface area contributed by atoms with Crippen molar-refractivity contribution in [3.8, 4) is 11.1 Å². The second-order valence-electron chi connectivity index (χ2n) is 8.72. The van der Waals surface area contributed by atoms with Crippen molar-refractivity contribution in [1.29, 1.82) is 0 Å². The van der Waals surface area contributed by atoms with Gasteiger partial charge in [-0.3, -0.25) is 4.79 Å². The normalized spacial score (nSPS) is 14.6. The van der Waals surface area contributed by atoms with E-state index >= 15 is 0 Å². The lowest BCUT2D eigenvalue weighted by Gasteiger charge is -2.32. The molecule has 3 aromatic carbocycles. The van der Waals surface area contributed by atoms with Gasteiger partial charge in [0.2, 0.25) is 0 Å². The number of hydrogen-bond donors (Lipinski definition) is 0. The molecule has 1 aliphatic rings. The minimum absolute atomic E-state index is 0.0107. The molecule has 0 spiro atoms. The summed E-state index contributed by atoms with van der Waals surface area (Å²) in [6.07, 6.45) is 5.25. The van der Waals surface area contributed by atoms with Crippen LogP contribution in [0.4, 0.5) is 0 Å². The van der Waals surface area contributed by atoms with Gasteiger partial charge in [0.1, 0.15) is 0 Å². The number of carbonyl (C=O) groups is 1. The maximum atomic E-state index is 13.6. The Bertz CT molecular complexity index is 1100. The fourth-order valence-corrected chi connectivity index (χ4v) is 6.47. The maximum Gasteiger partial charge on any atom is 0.176 e. The van der Waals surface area contributed by atoms with E-state index < -0.39 is 0 Å². The van der Waals surface area contributed by atoms with Crippen molar-refractivity contribution in [2.45, 2.75) is 68.4 Å². The molecule has 0 N–H and O–H groups in total. The molecule has 0 radical (unpaired) electrons. The number of ketones is 1. The average Bonchev–Trinajstić information content (AvgIpc) is 3.08. The molecule has 0 aromatic heterocycles. The molecule has 0 saturated heterocycles. The van der Waals surface area contributed by atoms with Crippen molar-refractivity contribution >= 4 is 29.1 Å². The van der Waals surface area contributed by atoms with E-state index in [1.165, 1.54) is 22.3 Å². The van der Waals surface area contributed by atoms with Crippen molar-refractivity contribution in [1.82, 2.24) is 0 Å².